The van der Waals surface area contributed by atoms with Crippen LogP contribution in [-0.2, 0) is 9.47 Å². The molecule has 4 rings (SSSR count). The summed E-state index contributed by atoms with van der Waals surface area (Å²) < 4.78 is 10.6. The van der Waals surface area contributed by atoms with Crippen LogP contribution in [0.4, 0.5) is 11.6 Å². The fourth-order valence-electron chi connectivity index (χ4n) is 4.65. The van der Waals surface area contributed by atoms with Gasteiger partial charge in [-0.1, -0.05) is 11.6 Å². The molecule has 33 heavy (non-hydrogen) atoms. The van der Waals surface area contributed by atoms with Crippen molar-refractivity contribution in [1.29, 1.82) is 0 Å². The van der Waals surface area contributed by atoms with Gasteiger partial charge in [0.25, 0.3) is 0 Å². The first-order valence-electron chi connectivity index (χ1n) is 12.1. The van der Waals surface area contributed by atoms with Gasteiger partial charge in [0.2, 0.25) is 0 Å². The molecule has 0 atom stereocenters. The van der Waals surface area contributed by atoms with Crippen molar-refractivity contribution in [1.82, 2.24) is 15.3 Å². The number of methoxy groups -OCH3 is 1. The number of ether oxygens (including phenoxy) is 2. The number of hydrogen-bond acceptors (Lipinski definition) is 7. The lowest BCUT2D eigenvalue weighted by Gasteiger charge is -2.30. The lowest BCUT2D eigenvalue weighted by atomic mass is 9.91. The molecule has 3 heterocycles. The highest BCUT2D eigenvalue weighted by atomic mass is 35.5. The number of hydrogen-bond donors (Lipinski definition) is 3. The molecule has 0 radical (unpaired) electrons. The molecule has 1 aliphatic heterocycles. The maximum atomic E-state index is 6.54. The van der Waals surface area contributed by atoms with Crippen LogP contribution in [0.1, 0.15) is 38.5 Å². The Labute approximate surface area is 202 Å². The summed E-state index contributed by atoms with van der Waals surface area (Å²) in [5, 5.41) is 11.3. The molecule has 7 nitrogen and oxygen atoms in total. The Morgan fingerprint density at radius 2 is 1.82 bits per heavy atom. The Balaban J connectivity index is 1.34. The normalized spacial score (nSPS) is 21.6. The molecule has 2 fully saturated rings. The van der Waals surface area contributed by atoms with Crippen LogP contribution < -0.4 is 16.0 Å². The Morgan fingerprint density at radius 1 is 1.03 bits per heavy atom. The maximum absolute atomic E-state index is 6.54. The lowest BCUT2D eigenvalue weighted by Crippen LogP contribution is -2.38. The number of rotatable bonds is 10. The summed E-state index contributed by atoms with van der Waals surface area (Å²) in [6.07, 6.45) is 10.4. The minimum absolute atomic E-state index is 0.432. The molecule has 1 aliphatic carbocycles. The summed E-state index contributed by atoms with van der Waals surface area (Å²) in [4.78, 5) is 9.04. The molecule has 1 saturated carbocycles. The molecule has 1 saturated heterocycles. The predicted molar refractivity (Wildman–Crippen MR) is 134 cm³/mol. The molecule has 3 N–H and O–H groups in total. The van der Waals surface area contributed by atoms with Crippen LogP contribution in [-0.4, -0.2) is 62.1 Å². The minimum Gasteiger partial charge on any atom is -0.383 e. The molecule has 0 unspecified atom stereocenters. The summed E-state index contributed by atoms with van der Waals surface area (Å²) in [5.41, 5.74) is 2.02. The van der Waals surface area contributed by atoms with E-state index >= 15 is 0 Å². The highest BCUT2D eigenvalue weighted by Crippen LogP contribution is 2.31. The van der Waals surface area contributed by atoms with Crippen LogP contribution in [0.2, 0.25) is 5.02 Å². The van der Waals surface area contributed by atoms with Crippen LogP contribution in [0, 0.1) is 5.92 Å². The zero-order valence-corrected chi connectivity index (χ0v) is 20.2. The van der Waals surface area contributed by atoms with Gasteiger partial charge in [-0.3, -0.25) is 0 Å². The average molecular weight is 474 g/mol. The number of aromatic nitrogens is 2. The molecule has 0 bridgehead atoms. The number of halogens is 1. The van der Waals surface area contributed by atoms with Gasteiger partial charge in [-0.15, -0.1) is 0 Å². The van der Waals surface area contributed by atoms with Crippen LogP contribution >= 0.6 is 11.6 Å². The standard InChI is InChI=1S/C25H36ClN5O2/c1-32-13-10-27-20-2-4-21(5-3-20)31-25-15-22(23(26)17-30-25)19-6-9-28-24(14-19)29-16-18-7-11-33-12-8-18/h6,9,14-15,17-18,20-21,27H,2-5,7-8,10-13,16H2,1H3,(H,28,29)(H,30,31). The highest BCUT2D eigenvalue weighted by Gasteiger charge is 2.21. The molecular formula is C25H36ClN5O2. The molecule has 0 amide bonds. The van der Waals surface area contributed by atoms with E-state index in [0.29, 0.717) is 23.0 Å². The van der Waals surface area contributed by atoms with Gasteiger partial charge in [-0.05, 0) is 68.2 Å². The van der Waals surface area contributed by atoms with Crippen molar-refractivity contribution in [2.24, 2.45) is 5.92 Å². The zero-order chi connectivity index (χ0) is 22.9. The average Bonchev–Trinajstić information content (AvgIpc) is 2.86. The Kier molecular flexibility index (Phi) is 9.17. The number of nitrogens with one attached hydrogen (secondary N) is 3. The first-order chi connectivity index (χ1) is 16.2. The Hall–Kier alpha value is -1.93. The molecule has 180 valence electrons. The van der Waals surface area contributed by atoms with Gasteiger partial charge in [-0.2, -0.15) is 0 Å². The fourth-order valence-corrected chi connectivity index (χ4v) is 4.86. The highest BCUT2D eigenvalue weighted by molar-refractivity contribution is 6.33. The number of anilines is 2. The second kappa shape index (κ2) is 12.5. The van der Waals surface area contributed by atoms with Crippen LogP contribution in [0.3, 0.4) is 0 Å². The van der Waals surface area contributed by atoms with Gasteiger partial charge >= 0.3 is 0 Å². The van der Waals surface area contributed by atoms with E-state index in [0.717, 1.165) is 94.2 Å². The molecule has 2 aromatic heterocycles. The summed E-state index contributed by atoms with van der Waals surface area (Å²) in [6, 6.07) is 7.14. The van der Waals surface area contributed by atoms with Gasteiger partial charge in [0.15, 0.2) is 0 Å². The topological polar surface area (TPSA) is 80.3 Å². The lowest BCUT2D eigenvalue weighted by molar-refractivity contribution is 0.0699. The number of nitrogens with zero attached hydrogens (tertiary/aromatic N) is 2. The summed E-state index contributed by atoms with van der Waals surface area (Å²) in [7, 11) is 1.74. The molecule has 0 spiro atoms. The molecule has 2 aromatic rings. The molecule has 0 aromatic carbocycles. The quantitative estimate of drug-likeness (QED) is 0.435. The van der Waals surface area contributed by atoms with Crippen molar-refractivity contribution in [2.45, 2.75) is 50.6 Å². The Bertz CT molecular complexity index is 870. The second-order valence-electron chi connectivity index (χ2n) is 9.06. The van der Waals surface area contributed by atoms with Crippen molar-refractivity contribution in [3.63, 3.8) is 0 Å². The first kappa shape index (κ1) is 24.2. The fraction of sp³-hybridized carbons (Fsp3) is 0.600. The van der Waals surface area contributed by atoms with E-state index in [1.54, 1.807) is 13.3 Å². The minimum atomic E-state index is 0.432. The van der Waals surface area contributed by atoms with E-state index < -0.39 is 0 Å². The van der Waals surface area contributed by atoms with Crippen molar-refractivity contribution in [3.05, 3.63) is 35.6 Å². The first-order valence-corrected chi connectivity index (χ1v) is 12.5. The maximum Gasteiger partial charge on any atom is 0.126 e. The van der Waals surface area contributed by atoms with E-state index in [9.17, 15) is 0 Å². The van der Waals surface area contributed by atoms with E-state index in [4.69, 9.17) is 21.1 Å². The van der Waals surface area contributed by atoms with E-state index in [-0.39, 0.29) is 0 Å². The Morgan fingerprint density at radius 3 is 2.61 bits per heavy atom. The summed E-state index contributed by atoms with van der Waals surface area (Å²) >= 11 is 6.54. The molecule has 2 aliphatic rings. The van der Waals surface area contributed by atoms with Gasteiger partial charge in [0, 0.05) is 63.5 Å². The smallest absolute Gasteiger partial charge is 0.126 e. The van der Waals surface area contributed by atoms with Gasteiger partial charge in [0.1, 0.15) is 11.6 Å². The third-order valence-corrected chi connectivity index (χ3v) is 6.96. The predicted octanol–water partition coefficient (Wildman–Crippen LogP) is 4.59. The second-order valence-corrected chi connectivity index (χ2v) is 9.46. The van der Waals surface area contributed by atoms with Crippen molar-refractivity contribution >= 4 is 23.2 Å². The molecule has 8 heteroatoms. The van der Waals surface area contributed by atoms with Crippen LogP contribution in [0.25, 0.3) is 11.1 Å². The van der Waals surface area contributed by atoms with Crippen molar-refractivity contribution < 1.29 is 9.47 Å². The largest absolute Gasteiger partial charge is 0.383 e. The zero-order valence-electron chi connectivity index (χ0n) is 19.5. The van der Waals surface area contributed by atoms with Crippen LogP contribution in [0.15, 0.2) is 30.6 Å². The number of pyridine rings is 2. The molecular weight excluding hydrogens is 438 g/mol. The monoisotopic (exact) mass is 473 g/mol. The van der Waals surface area contributed by atoms with E-state index in [1.807, 2.05) is 12.3 Å². The third-order valence-electron chi connectivity index (χ3n) is 6.66. The van der Waals surface area contributed by atoms with Gasteiger partial charge in [0.05, 0.1) is 11.6 Å². The van der Waals surface area contributed by atoms with Gasteiger partial charge in [-0.25, -0.2) is 9.97 Å². The van der Waals surface area contributed by atoms with E-state index in [1.165, 1.54) is 0 Å². The van der Waals surface area contributed by atoms with Crippen LogP contribution in [0.5, 0.6) is 0 Å². The summed E-state index contributed by atoms with van der Waals surface area (Å²) in [5.74, 6) is 2.38. The van der Waals surface area contributed by atoms with Crippen molar-refractivity contribution in [3.8, 4) is 11.1 Å². The van der Waals surface area contributed by atoms with Crippen molar-refractivity contribution in [2.75, 3.05) is 50.7 Å². The van der Waals surface area contributed by atoms with E-state index in [2.05, 4.69) is 38.1 Å². The van der Waals surface area contributed by atoms with Gasteiger partial charge < -0.3 is 25.4 Å². The summed E-state index contributed by atoms with van der Waals surface area (Å²) in [6.45, 7) is 4.30. The third kappa shape index (κ3) is 7.27. The SMILES string of the molecule is COCCNC1CCC(Nc2cc(-c3ccnc(NCC4CCOCC4)c3)c(Cl)cn2)CC1.